The van der Waals surface area contributed by atoms with Crippen LogP contribution < -0.4 is 5.32 Å². The van der Waals surface area contributed by atoms with Crippen LogP contribution in [0.15, 0.2) is 6.20 Å². The van der Waals surface area contributed by atoms with Crippen molar-refractivity contribution in [3.05, 3.63) is 17.7 Å². The number of nitrogens with one attached hydrogen (secondary N) is 1. The van der Waals surface area contributed by atoms with E-state index in [4.69, 9.17) is 9.90 Å². The van der Waals surface area contributed by atoms with Gasteiger partial charge in [-0.1, -0.05) is 6.92 Å². The fourth-order valence-corrected chi connectivity index (χ4v) is 2.00. The summed E-state index contributed by atoms with van der Waals surface area (Å²) < 4.78 is 42.5. The zero-order chi connectivity index (χ0) is 22.8. The van der Waals surface area contributed by atoms with Gasteiger partial charge in [0, 0.05) is 12.6 Å². The second-order valence-corrected chi connectivity index (χ2v) is 5.51. The van der Waals surface area contributed by atoms with Gasteiger partial charge in [-0.05, 0) is 6.92 Å². The second-order valence-electron chi connectivity index (χ2n) is 5.51. The van der Waals surface area contributed by atoms with Crippen molar-refractivity contribution in [1.82, 2.24) is 14.9 Å². The van der Waals surface area contributed by atoms with Crippen molar-refractivity contribution < 1.29 is 46.9 Å². The van der Waals surface area contributed by atoms with Crippen molar-refractivity contribution in [1.29, 1.82) is 0 Å². The fraction of sp³-hybridized carbons (Fsp3) is 0.562. The maximum absolute atomic E-state index is 12.1. The number of aromatic nitrogens is 2. The van der Waals surface area contributed by atoms with E-state index in [1.54, 1.807) is 10.8 Å². The van der Waals surface area contributed by atoms with Crippen LogP contribution in [0, 0.1) is 6.92 Å². The molecule has 1 rings (SSSR count). The quantitative estimate of drug-likeness (QED) is 0.607. The first kappa shape index (κ1) is 25.9. The largest absolute Gasteiger partial charge is 0.490 e. The summed E-state index contributed by atoms with van der Waals surface area (Å²) >= 11 is 0. The molecule has 0 fully saturated rings. The zero-order valence-electron chi connectivity index (χ0n) is 16.2. The van der Waals surface area contributed by atoms with Crippen LogP contribution >= 0.6 is 0 Å². The maximum atomic E-state index is 12.1. The Hall–Kier alpha value is -3.12. The van der Waals surface area contributed by atoms with Gasteiger partial charge >= 0.3 is 24.1 Å². The number of aryl methyl sites for hydroxylation is 2. The van der Waals surface area contributed by atoms with Gasteiger partial charge in [0.2, 0.25) is 5.91 Å². The summed E-state index contributed by atoms with van der Waals surface area (Å²) in [5.74, 6) is -3.70. The Morgan fingerprint density at radius 3 is 2.21 bits per heavy atom. The van der Waals surface area contributed by atoms with Gasteiger partial charge in [-0.25, -0.2) is 14.6 Å². The maximum Gasteiger partial charge on any atom is 0.490 e. The number of carbonyl (C=O) groups is 4. The highest BCUT2D eigenvalue weighted by Crippen LogP contribution is 2.13. The lowest BCUT2D eigenvalue weighted by Gasteiger charge is -2.16. The number of hydrogen-bond donors (Lipinski definition) is 2. The van der Waals surface area contributed by atoms with E-state index in [0.717, 1.165) is 11.5 Å². The highest BCUT2D eigenvalue weighted by molar-refractivity contribution is 5.88. The van der Waals surface area contributed by atoms with E-state index >= 15 is 0 Å². The molecule has 1 aromatic rings. The van der Waals surface area contributed by atoms with Crippen LogP contribution in [0.4, 0.5) is 13.2 Å². The van der Waals surface area contributed by atoms with E-state index in [9.17, 15) is 27.6 Å². The van der Waals surface area contributed by atoms with E-state index in [1.165, 1.54) is 14.2 Å². The third kappa shape index (κ3) is 9.58. The van der Waals surface area contributed by atoms with Crippen LogP contribution in [0.5, 0.6) is 0 Å². The number of aliphatic carboxylic acids is 1. The molecule has 1 atom stereocenters. The zero-order valence-corrected chi connectivity index (χ0v) is 16.2. The highest BCUT2D eigenvalue weighted by Gasteiger charge is 2.38. The van der Waals surface area contributed by atoms with E-state index in [2.05, 4.69) is 19.8 Å². The average molecular weight is 425 g/mol. The van der Waals surface area contributed by atoms with Gasteiger partial charge in [0.25, 0.3) is 0 Å². The highest BCUT2D eigenvalue weighted by atomic mass is 19.4. The fourth-order valence-electron chi connectivity index (χ4n) is 2.00. The lowest BCUT2D eigenvalue weighted by Crippen LogP contribution is -2.44. The van der Waals surface area contributed by atoms with E-state index in [-0.39, 0.29) is 13.0 Å². The number of alkyl halides is 3. The van der Waals surface area contributed by atoms with Gasteiger partial charge in [-0.15, -0.1) is 0 Å². The van der Waals surface area contributed by atoms with Crippen LogP contribution in [-0.4, -0.2) is 64.9 Å². The lowest BCUT2D eigenvalue weighted by atomic mass is 10.2. The van der Waals surface area contributed by atoms with Crippen molar-refractivity contribution in [3.8, 4) is 0 Å². The SMILES string of the molecule is CCc1nc(C)cn1CC(=O)N[C@@H](CC(=O)OC)C(=O)OC.O=C(O)C(F)(F)F. The van der Waals surface area contributed by atoms with Crippen LogP contribution in [0.2, 0.25) is 0 Å². The number of imidazole rings is 1. The first-order chi connectivity index (χ1) is 13.3. The number of carboxylic acids is 1. The molecule has 0 radical (unpaired) electrons. The van der Waals surface area contributed by atoms with Crippen molar-refractivity contribution >= 4 is 23.8 Å². The van der Waals surface area contributed by atoms with Gasteiger partial charge in [0.1, 0.15) is 18.4 Å². The van der Waals surface area contributed by atoms with Gasteiger partial charge in [-0.3, -0.25) is 9.59 Å². The number of hydrogen-bond acceptors (Lipinski definition) is 7. The molecule has 1 heterocycles. The summed E-state index contributed by atoms with van der Waals surface area (Å²) in [5.41, 5.74) is 0.809. The van der Waals surface area contributed by atoms with E-state index in [1.807, 2.05) is 13.8 Å². The number of ether oxygens (including phenoxy) is 2. The summed E-state index contributed by atoms with van der Waals surface area (Å²) in [6, 6.07) is -1.07. The van der Waals surface area contributed by atoms with Gasteiger partial charge in [0.05, 0.1) is 26.3 Å². The minimum Gasteiger partial charge on any atom is -0.475 e. The Kier molecular flexibility index (Phi) is 10.4. The number of carboxylic acid groups (broad SMARTS) is 1. The van der Waals surface area contributed by atoms with Gasteiger partial charge in [-0.2, -0.15) is 13.2 Å². The third-order valence-corrected chi connectivity index (χ3v) is 3.27. The second kappa shape index (κ2) is 11.7. The molecule has 0 aromatic carbocycles. The minimum absolute atomic E-state index is 0.0126. The van der Waals surface area contributed by atoms with Gasteiger partial charge < -0.3 is 24.5 Å². The predicted molar refractivity (Wildman–Crippen MR) is 90.6 cm³/mol. The number of rotatable bonds is 7. The summed E-state index contributed by atoms with van der Waals surface area (Å²) in [7, 11) is 2.40. The van der Waals surface area contributed by atoms with Crippen molar-refractivity contribution in [3.63, 3.8) is 0 Å². The number of esters is 2. The molecule has 0 saturated heterocycles. The van der Waals surface area contributed by atoms with Crippen LogP contribution in [-0.2, 0) is 41.6 Å². The third-order valence-electron chi connectivity index (χ3n) is 3.27. The molecule has 10 nitrogen and oxygen atoms in total. The molecular weight excluding hydrogens is 403 g/mol. The smallest absolute Gasteiger partial charge is 0.475 e. The summed E-state index contributed by atoms with van der Waals surface area (Å²) in [4.78, 5) is 48.2. The molecule has 0 aliphatic rings. The Balaban J connectivity index is 0.000000956. The molecule has 1 amide bonds. The normalized spacial score (nSPS) is 11.6. The average Bonchev–Trinajstić information content (AvgIpc) is 2.99. The van der Waals surface area contributed by atoms with E-state index in [0.29, 0.717) is 6.42 Å². The Bertz CT molecular complexity index is 732. The number of carbonyl (C=O) groups excluding carboxylic acids is 3. The molecular formula is C16H22F3N3O7. The standard InChI is InChI=1S/C14H21N3O5.C2HF3O2/c1-5-11-15-9(2)7-17(11)8-12(18)16-10(14(20)22-4)6-13(19)21-3;3-2(4,5)1(6)7/h7,10H,5-6,8H2,1-4H3,(H,16,18);(H,6,7)/t10-;/m0./s1. The first-order valence-corrected chi connectivity index (χ1v) is 8.12. The monoisotopic (exact) mass is 425 g/mol. The summed E-state index contributed by atoms with van der Waals surface area (Å²) in [5, 5.41) is 9.60. The Morgan fingerprint density at radius 2 is 1.79 bits per heavy atom. The predicted octanol–water partition coefficient (Wildman–Crippen LogP) is 0.608. The molecule has 0 saturated carbocycles. The van der Waals surface area contributed by atoms with E-state index < -0.39 is 36.0 Å². The van der Waals surface area contributed by atoms with Crippen molar-refractivity contribution in [2.45, 2.75) is 45.5 Å². The Morgan fingerprint density at radius 1 is 1.24 bits per heavy atom. The lowest BCUT2D eigenvalue weighted by molar-refractivity contribution is -0.192. The number of nitrogens with zero attached hydrogens (tertiary/aromatic N) is 2. The topological polar surface area (TPSA) is 137 Å². The molecule has 13 heteroatoms. The molecule has 0 unspecified atom stereocenters. The van der Waals surface area contributed by atoms with Crippen LogP contribution in [0.25, 0.3) is 0 Å². The molecule has 164 valence electrons. The minimum atomic E-state index is -5.08. The molecule has 2 N–H and O–H groups in total. The van der Waals surface area contributed by atoms with Crippen LogP contribution in [0.3, 0.4) is 0 Å². The number of halogens is 3. The first-order valence-electron chi connectivity index (χ1n) is 8.12. The molecule has 1 aromatic heterocycles. The molecule has 29 heavy (non-hydrogen) atoms. The van der Waals surface area contributed by atoms with Crippen molar-refractivity contribution in [2.75, 3.05) is 14.2 Å². The molecule has 0 spiro atoms. The molecule has 0 aliphatic carbocycles. The molecule has 0 aliphatic heterocycles. The van der Waals surface area contributed by atoms with Crippen LogP contribution in [0.1, 0.15) is 24.9 Å². The Labute approximate surface area is 164 Å². The van der Waals surface area contributed by atoms with Gasteiger partial charge in [0.15, 0.2) is 0 Å². The molecule has 0 bridgehead atoms. The number of amides is 1. The summed E-state index contributed by atoms with van der Waals surface area (Å²) in [6.45, 7) is 3.78. The van der Waals surface area contributed by atoms with Crippen molar-refractivity contribution in [2.24, 2.45) is 0 Å². The number of methoxy groups -OCH3 is 2. The summed E-state index contributed by atoms with van der Waals surface area (Å²) in [6.07, 6.45) is -2.92.